The van der Waals surface area contributed by atoms with Crippen LogP contribution in [0.3, 0.4) is 0 Å². The predicted molar refractivity (Wildman–Crippen MR) is 88.3 cm³/mol. The first kappa shape index (κ1) is 15.9. The van der Waals surface area contributed by atoms with E-state index in [-0.39, 0.29) is 0 Å². The molecule has 0 spiro atoms. The number of nitrogens with one attached hydrogen (secondary N) is 1. The summed E-state index contributed by atoms with van der Waals surface area (Å²) in [6, 6.07) is 11.3. The SMILES string of the molecule is CNC(c1ccccc1)C(SC1CCOCC1)C(C)C. The van der Waals surface area contributed by atoms with Crippen LogP contribution in [-0.2, 0) is 4.74 Å². The largest absolute Gasteiger partial charge is 0.381 e. The molecule has 1 aliphatic heterocycles. The van der Waals surface area contributed by atoms with Crippen LogP contribution in [-0.4, -0.2) is 30.8 Å². The maximum atomic E-state index is 5.48. The normalized spacial score (nSPS) is 20.0. The van der Waals surface area contributed by atoms with Gasteiger partial charge in [0, 0.05) is 29.8 Å². The topological polar surface area (TPSA) is 21.3 Å². The molecule has 1 N–H and O–H groups in total. The Morgan fingerprint density at radius 3 is 2.35 bits per heavy atom. The fourth-order valence-corrected chi connectivity index (χ4v) is 4.51. The van der Waals surface area contributed by atoms with Crippen LogP contribution in [0, 0.1) is 5.92 Å². The van der Waals surface area contributed by atoms with Gasteiger partial charge in [0.2, 0.25) is 0 Å². The van der Waals surface area contributed by atoms with Crippen LogP contribution in [0.1, 0.15) is 38.3 Å². The average molecular weight is 293 g/mol. The number of hydrogen-bond acceptors (Lipinski definition) is 3. The van der Waals surface area contributed by atoms with Crippen molar-refractivity contribution in [3.63, 3.8) is 0 Å². The summed E-state index contributed by atoms with van der Waals surface area (Å²) in [4.78, 5) is 0. The molecule has 0 saturated carbocycles. The molecule has 2 unspecified atom stereocenters. The van der Waals surface area contributed by atoms with Gasteiger partial charge in [0.25, 0.3) is 0 Å². The third-order valence-electron chi connectivity index (χ3n) is 3.97. The molecule has 3 heteroatoms. The van der Waals surface area contributed by atoms with Gasteiger partial charge in [-0.15, -0.1) is 0 Å². The zero-order valence-corrected chi connectivity index (χ0v) is 13.7. The first-order valence-corrected chi connectivity index (χ1v) is 8.62. The summed E-state index contributed by atoms with van der Waals surface area (Å²) in [5, 5.41) is 4.89. The minimum absolute atomic E-state index is 0.420. The molecule has 0 bridgehead atoms. The Morgan fingerprint density at radius 1 is 1.15 bits per heavy atom. The number of ether oxygens (including phenoxy) is 1. The van der Waals surface area contributed by atoms with Gasteiger partial charge >= 0.3 is 0 Å². The van der Waals surface area contributed by atoms with Crippen molar-refractivity contribution >= 4 is 11.8 Å². The summed E-state index contributed by atoms with van der Waals surface area (Å²) >= 11 is 2.16. The van der Waals surface area contributed by atoms with Crippen LogP contribution >= 0.6 is 11.8 Å². The fourth-order valence-electron chi connectivity index (χ4n) is 2.84. The highest BCUT2D eigenvalue weighted by Gasteiger charge is 2.29. The van der Waals surface area contributed by atoms with E-state index < -0.39 is 0 Å². The lowest BCUT2D eigenvalue weighted by atomic mass is 9.96. The quantitative estimate of drug-likeness (QED) is 0.860. The Hall–Kier alpha value is -0.510. The first-order valence-electron chi connectivity index (χ1n) is 7.67. The lowest BCUT2D eigenvalue weighted by Crippen LogP contribution is -2.33. The van der Waals surface area contributed by atoms with Crippen molar-refractivity contribution in [3.8, 4) is 0 Å². The Kier molecular flexibility index (Phi) is 6.40. The third kappa shape index (κ3) is 4.24. The summed E-state index contributed by atoms with van der Waals surface area (Å²) in [6.45, 7) is 6.53. The Bertz CT molecular complexity index is 376. The maximum absolute atomic E-state index is 5.48. The van der Waals surface area contributed by atoms with E-state index in [2.05, 4.69) is 68.3 Å². The lowest BCUT2D eigenvalue weighted by Gasteiger charge is -2.34. The van der Waals surface area contributed by atoms with Gasteiger partial charge in [-0.1, -0.05) is 44.2 Å². The van der Waals surface area contributed by atoms with E-state index in [9.17, 15) is 0 Å². The molecule has 2 atom stereocenters. The minimum Gasteiger partial charge on any atom is -0.381 e. The molecule has 1 heterocycles. The van der Waals surface area contributed by atoms with Crippen molar-refractivity contribution in [3.05, 3.63) is 35.9 Å². The van der Waals surface area contributed by atoms with Crippen molar-refractivity contribution in [2.24, 2.45) is 5.92 Å². The molecule has 2 rings (SSSR count). The zero-order valence-electron chi connectivity index (χ0n) is 12.8. The first-order chi connectivity index (χ1) is 9.72. The molecule has 1 fully saturated rings. The van der Waals surface area contributed by atoms with Gasteiger partial charge in [0.05, 0.1) is 0 Å². The molecule has 1 aromatic rings. The Morgan fingerprint density at radius 2 is 1.80 bits per heavy atom. The Balaban J connectivity index is 2.09. The van der Waals surface area contributed by atoms with Crippen molar-refractivity contribution in [1.29, 1.82) is 0 Å². The summed E-state index contributed by atoms with van der Waals surface area (Å²) < 4.78 is 5.48. The number of hydrogen-bond donors (Lipinski definition) is 1. The van der Waals surface area contributed by atoms with Crippen molar-refractivity contribution < 1.29 is 4.74 Å². The van der Waals surface area contributed by atoms with Crippen molar-refractivity contribution in [2.75, 3.05) is 20.3 Å². The van der Waals surface area contributed by atoms with Gasteiger partial charge in [-0.2, -0.15) is 11.8 Å². The van der Waals surface area contributed by atoms with Gasteiger partial charge in [-0.3, -0.25) is 0 Å². The molecule has 0 radical (unpaired) electrons. The van der Waals surface area contributed by atoms with E-state index in [1.54, 1.807) is 0 Å². The molecule has 1 saturated heterocycles. The molecule has 1 aromatic carbocycles. The van der Waals surface area contributed by atoms with Crippen molar-refractivity contribution in [2.45, 2.75) is 43.2 Å². The van der Waals surface area contributed by atoms with Gasteiger partial charge in [-0.25, -0.2) is 0 Å². The van der Waals surface area contributed by atoms with Crippen LogP contribution in [0.15, 0.2) is 30.3 Å². The summed E-state index contributed by atoms with van der Waals surface area (Å²) in [5.41, 5.74) is 1.40. The highest BCUT2D eigenvalue weighted by molar-refractivity contribution is 8.00. The average Bonchev–Trinajstić information content (AvgIpc) is 2.49. The second kappa shape index (κ2) is 8.06. The fraction of sp³-hybridized carbons (Fsp3) is 0.647. The number of benzene rings is 1. The molecule has 0 aliphatic carbocycles. The van der Waals surface area contributed by atoms with Crippen LogP contribution in [0.5, 0.6) is 0 Å². The van der Waals surface area contributed by atoms with E-state index in [1.807, 2.05) is 0 Å². The zero-order chi connectivity index (χ0) is 14.4. The molecule has 1 aliphatic rings. The minimum atomic E-state index is 0.420. The second-order valence-corrected chi connectivity index (χ2v) is 7.32. The summed E-state index contributed by atoms with van der Waals surface area (Å²) in [7, 11) is 2.08. The van der Waals surface area contributed by atoms with E-state index in [0.29, 0.717) is 17.2 Å². The second-order valence-electron chi connectivity index (χ2n) is 5.83. The molecule has 112 valence electrons. The highest BCUT2D eigenvalue weighted by atomic mass is 32.2. The van der Waals surface area contributed by atoms with E-state index in [0.717, 1.165) is 18.5 Å². The smallest absolute Gasteiger partial charge is 0.0476 e. The maximum Gasteiger partial charge on any atom is 0.0476 e. The third-order valence-corrected chi connectivity index (χ3v) is 5.96. The highest BCUT2D eigenvalue weighted by Crippen LogP contribution is 2.37. The summed E-state index contributed by atoms with van der Waals surface area (Å²) in [6.07, 6.45) is 2.39. The summed E-state index contributed by atoms with van der Waals surface area (Å²) in [5.74, 6) is 0.653. The van der Waals surface area contributed by atoms with Crippen LogP contribution in [0.25, 0.3) is 0 Å². The van der Waals surface area contributed by atoms with E-state index >= 15 is 0 Å². The monoisotopic (exact) mass is 293 g/mol. The molecular weight excluding hydrogens is 266 g/mol. The van der Waals surface area contributed by atoms with Gasteiger partial charge in [0.1, 0.15) is 0 Å². The molecule has 0 amide bonds. The predicted octanol–water partition coefficient (Wildman–Crippen LogP) is 3.88. The molecular formula is C17H27NOS. The molecule has 0 aromatic heterocycles. The van der Waals surface area contributed by atoms with Gasteiger partial charge in [-0.05, 0) is 31.4 Å². The van der Waals surface area contributed by atoms with Crippen LogP contribution in [0.4, 0.5) is 0 Å². The molecule has 20 heavy (non-hydrogen) atoms. The molecule has 2 nitrogen and oxygen atoms in total. The van der Waals surface area contributed by atoms with Crippen molar-refractivity contribution in [1.82, 2.24) is 5.32 Å². The van der Waals surface area contributed by atoms with Crippen LogP contribution in [0.2, 0.25) is 0 Å². The number of thioether (sulfide) groups is 1. The standard InChI is InChI=1S/C17H27NOS/c1-13(2)17(20-15-9-11-19-12-10-15)16(18-3)14-7-5-4-6-8-14/h4-8,13,15-18H,9-12H2,1-3H3. The van der Waals surface area contributed by atoms with Gasteiger partial charge in [0.15, 0.2) is 0 Å². The number of rotatable bonds is 6. The van der Waals surface area contributed by atoms with Gasteiger partial charge < -0.3 is 10.1 Å². The van der Waals surface area contributed by atoms with E-state index in [4.69, 9.17) is 4.74 Å². The Labute approximate surface area is 127 Å². The lowest BCUT2D eigenvalue weighted by molar-refractivity contribution is 0.0998. The van der Waals surface area contributed by atoms with Crippen LogP contribution < -0.4 is 5.32 Å². The van der Waals surface area contributed by atoms with E-state index in [1.165, 1.54) is 18.4 Å².